The standard InChI is InChI=1S/C14H16F2O2/c15-12(16)6-3-10-1-4-11(5-2-10)14(7-8-14)9-13(17)18/h1-2,4-5,12H,3,6-9H2,(H,17,18). The second-order valence-corrected chi connectivity index (χ2v) is 4.98. The number of rotatable bonds is 6. The van der Waals surface area contributed by atoms with Gasteiger partial charge in [-0.2, -0.15) is 0 Å². The lowest BCUT2D eigenvalue weighted by atomic mass is 9.91. The van der Waals surface area contributed by atoms with E-state index < -0.39 is 12.4 Å². The Morgan fingerprint density at radius 2 is 1.89 bits per heavy atom. The van der Waals surface area contributed by atoms with Crippen molar-refractivity contribution in [3.8, 4) is 0 Å². The minimum absolute atomic E-state index is 0.125. The third-order valence-corrected chi connectivity index (χ3v) is 3.56. The molecule has 0 spiro atoms. The van der Waals surface area contributed by atoms with E-state index in [1.54, 1.807) is 0 Å². The summed E-state index contributed by atoms with van der Waals surface area (Å²) in [6.45, 7) is 0. The molecule has 1 fully saturated rings. The molecule has 0 radical (unpaired) electrons. The molecule has 98 valence electrons. The van der Waals surface area contributed by atoms with E-state index in [2.05, 4.69) is 0 Å². The minimum Gasteiger partial charge on any atom is -0.481 e. The summed E-state index contributed by atoms with van der Waals surface area (Å²) in [6.07, 6.45) is -0.0791. The van der Waals surface area contributed by atoms with Gasteiger partial charge in [-0.1, -0.05) is 24.3 Å². The van der Waals surface area contributed by atoms with Crippen LogP contribution in [0.15, 0.2) is 24.3 Å². The Labute approximate surface area is 105 Å². The maximum Gasteiger partial charge on any atom is 0.304 e. The molecule has 1 aromatic carbocycles. The number of hydrogen-bond donors (Lipinski definition) is 1. The summed E-state index contributed by atoms with van der Waals surface area (Å²) in [5.41, 5.74) is 1.70. The molecule has 4 heteroatoms. The Hall–Kier alpha value is -1.45. The Bertz CT molecular complexity index is 422. The zero-order valence-corrected chi connectivity index (χ0v) is 10.0. The van der Waals surface area contributed by atoms with E-state index in [-0.39, 0.29) is 18.3 Å². The van der Waals surface area contributed by atoms with E-state index in [1.807, 2.05) is 24.3 Å². The first-order valence-corrected chi connectivity index (χ1v) is 6.11. The molecule has 0 atom stereocenters. The van der Waals surface area contributed by atoms with Gasteiger partial charge in [0, 0.05) is 11.8 Å². The fraction of sp³-hybridized carbons (Fsp3) is 0.500. The highest BCUT2D eigenvalue weighted by Gasteiger charge is 2.45. The summed E-state index contributed by atoms with van der Waals surface area (Å²) in [4.78, 5) is 10.8. The van der Waals surface area contributed by atoms with E-state index in [1.165, 1.54) is 0 Å². The molecule has 1 aliphatic rings. The van der Waals surface area contributed by atoms with Crippen LogP contribution < -0.4 is 0 Å². The van der Waals surface area contributed by atoms with Gasteiger partial charge in [0.05, 0.1) is 6.42 Å². The molecule has 1 aliphatic carbocycles. The molecular formula is C14H16F2O2. The lowest BCUT2D eigenvalue weighted by Gasteiger charge is -2.13. The van der Waals surface area contributed by atoms with Crippen molar-refractivity contribution in [2.75, 3.05) is 0 Å². The van der Waals surface area contributed by atoms with Crippen LogP contribution in [0.3, 0.4) is 0 Å². The second-order valence-electron chi connectivity index (χ2n) is 4.98. The average molecular weight is 254 g/mol. The van der Waals surface area contributed by atoms with Gasteiger partial charge in [0.15, 0.2) is 0 Å². The van der Waals surface area contributed by atoms with Crippen LogP contribution in [0.2, 0.25) is 0 Å². The molecule has 2 rings (SSSR count). The van der Waals surface area contributed by atoms with E-state index in [4.69, 9.17) is 5.11 Å². The van der Waals surface area contributed by atoms with Gasteiger partial charge in [-0.25, -0.2) is 8.78 Å². The third kappa shape index (κ3) is 3.06. The lowest BCUT2D eigenvalue weighted by Crippen LogP contribution is -2.12. The number of carbonyl (C=O) groups is 1. The molecule has 0 amide bonds. The maximum atomic E-state index is 12.1. The van der Waals surface area contributed by atoms with Crippen molar-refractivity contribution in [3.05, 3.63) is 35.4 Å². The summed E-state index contributed by atoms with van der Waals surface area (Å²) in [5.74, 6) is -0.783. The zero-order chi connectivity index (χ0) is 13.2. The third-order valence-electron chi connectivity index (χ3n) is 3.56. The van der Waals surface area contributed by atoms with Gasteiger partial charge >= 0.3 is 5.97 Å². The molecule has 2 nitrogen and oxygen atoms in total. The fourth-order valence-electron chi connectivity index (χ4n) is 2.31. The number of benzene rings is 1. The normalized spacial score (nSPS) is 16.8. The van der Waals surface area contributed by atoms with Crippen molar-refractivity contribution in [1.82, 2.24) is 0 Å². The number of hydrogen-bond acceptors (Lipinski definition) is 1. The summed E-state index contributed by atoms with van der Waals surface area (Å²) in [7, 11) is 0. The Balaban J connectivity index is 2.01. The predicted octanol–water partition coefficient (Wildman–Crippen LogP) is 3.39. The van der Waals surface area contributed by atoms with E-state index in [0.29, 0.717) is 6.42 Å². The molecule has 1 saturated carbocycles. The van der Waals surface area contributed by atoms with Crippen LogP contribution in [-0.2, 0) is 16.6 Å². The second kappa shape index (κ2) is 5.04. The van der Waals surface area contributed by atoms with Gasteiger partial charge in [-0.15, -0.1) is 0 Å². The summed E-state index contributed by atoms with van der Waals surface area (Å²) in [6, 6.07) is 7.44. The summed E-state index contributed by atoms with van der Waals surface area (Å²) in [5, 5.41) is 8.87. The highest BCUT2D eigenvalue weighted by molar-refractivity contribution is 5.70. The number of alkyl halides is 2. The van der Waals surface area contributed by atoms with Crippen molar-refractivity contribution < 1.29 is 18.7 Å². The van der Waals surface area contributed by atoms with Crippen LogP contribution in [0, 0.1) is 0 Å². The Morgan fingerprint density at radius 3 is 2.33 bits per heavy atom. The first-order valence-electron chi connectivity index (χ1n) is 6.11. The van der Waals surface area contributed by atoms with Gasteiger partial charge in [-0.05, 0) is 30.4 Å². The fourth-order valence-corrected chi connectivity index (χ4v) is 2.31. The number of aryl methyl sites for hydroxylation is 1. The summed E-state index contributed by atoms with van der Waals surface area (Å²) < 4.78 is 24.2. The Morgan fingerprint density at radius 1 is 1.28 bits per heavy atom. The molecule has 0 bridgehead atoms. The van der Waals surface area contributed by atoms with Crippen LogP contribution in [-0.4, -0.2) is 17.5 Å². The van der Waals surface area contributed by atoms with Gasteiger partial charge in [0.25, 0.3) is 0 Å². The highest BCUT2D eigenvalue weighted by atomic mass is 19.3. The number of carboxylic acid groups (broad SMARTS) is 1. The minimum atomic E-state index is -2.27. The van der Waals surface area contributed by atoms with Crippen LogP contribution in [0.4, 0.5) is 8.78 Å². The molecule has 1 N–H and O–H groups in total. The number of aliphatic carboxylic acids is 1. The first kappa shape index (κ1) is 13.0. The maximum absolute atomic E-state index is 12.1. The highest BCUT2D eigenvalue weighted by Crippen LogP contribution is 2.50. The van der Waals surface area contributed by atoms with Crippen molar-refractivity contribution in [1.29, 1.82) is 0 Å². The van der Waals surface area contributed by atoms with Gasteiger partial charge < -0.3 is 5.11 Å². The Kier molecular flexibility index (Phi) is 3.64. The first-order chi connectivity index (χ1) is 8.52. The van der Waals surface area contributed by atoms with E-state index in [9.17, 15) is 13.6 Å². The largest absolute Gasteiger partial charge is 0.481 e. The molecular weight excluding hydrogens is 238 g/mol. The van der Waals surface area contributed by atoms with Crippen molar-refractivity contribution in [3.63, 3.8) is 0 Å². The van der Waals surface area contributed by atoms with Gasteiger partial charge in [0.2, 0.25) is 6.43 Å². The molecule has 0 unspecified atom stereocenters. The SMILES string of the molecule is O=C(O)CC1(c2ccc(CCC(F)F)cc2)CC1. The topological polar surface area (TPSA) is 37.3 Å². The van der Waals surface area contributed by atoms with Crippen LogP contribution in [0.1, 0.15) is 36.8 Å². The van der Waals surface area contributed by atoms with Crippen molar-refractivity contribution in [2.45, 2.75) is 43.9 Å². The van der Waals surface area contributed by atoms with Crippen molar-refractivity contribution >= 4 is 5.97 Å². The van der Waals surface area contributed by atoms with Crippen molar-refractivity contribution in [2.24, 2.45) is 0 Å². The molecule has 0 saturated heterocycles. The number of carboxylic acids is 1. The molecule has 0 aliphatic heterocycles. The smallest absolute Gasteiger partial charge is 0.304 e. The molecule has 0 aromatic heterocycles. The van der Waals surface area contributed by atoms with Gasteiger partial charge in [-0.3, -0.25) is 4.79 Å². The lowest BCUT2D eigenvalue weighted by molar-refractivity contribution is -0.137. The van der Waals surface area contributed by atoms with Crippen LogP contribution in [0.25, 0.3) is 0 Å². The predicted molar refractivity (Wildman–Crippen MR) is 63.9 cm³/mol. The zero-order valence-electron chi connectivity index (χ0n) is 10.0. The van der Waals surface area contributed by atoms with E-state index in [0.717, 1.165) is 24.0 Å². The molecule has 0 heterocycles. The van der Waals surface area contributed by atoms with E-state index >= 15 is 0 Å². The number of halogens is 2. The van der Waals surface area contributed by atoms with Crippen LogP contribution >= 0.6 is 0 Å². The monoisotopic (exact) mass is 254 g/mol. The van der Waals surface area contributed by atoms with Gasteiger partial charge in [0.1, 0.15) is 0 Å². The quantitative estimate of drug-likeness (QED) is 0.844. The summed E-state index contributed by atoms with van der Waals surface area (Å²) >= 11 is 0. The molecule has 18 heavy (non-hydrogen) atoms. The average Bonchev–Trinajstić information content (AvgIpc) is 3.07. The molecule has 1 aromatic rings. The van der Waals surface area contributed by atoms with Crippen LogP contribution in [0.5, 0.6) is 0 Å².